The van der Waals surface area contributed by atoms with Crippen molar-refractivity contribution in [2.45, 2.75) is 36.6 Å². The Morgan fingerprint density at radius 2 is 1.65 bits per heavy atom. The van der Waals surface area contributed by atoms with Gasteiger partial charge in [-0.25, -0.2) is 13.1 Å². The summed E-state index contributed by atoms with van der Waals surface area (Å²) in [5, 5.41) is 0.220. The van der Waals surface area contributed by atoms with Crippen LogP contribution in [0.3, 0.4) is 0 Å². The maximum absolute atomic E-state index is 12.6. The number of amides is 1. The van der Waals surface area contributed by atoms with Crippen LogP contribution in [-0.2, 0) is 14.8 Å². The highest BCUT2D eigenvalue weighted by molar-refractivity contribution is 7.89. The van der Waals surface area contributed by atoms with Crippen LogP contribution < -0.4 is 4.72 Å². The zero-order valence-electron chi connectivity index (χ0n) is 14.5. The van der Waals surface area contributed by atoms with Gasteiger partial charge < -0.3 is 4.90 Å². The number of halogens is 2. The molecule has 0 unspecified atom stereocenters. The summed E-state index contributed by atoms with van der Waals surface area (Å²) in [7, 11) is -3.78. The molecule has 0 aromatic heterocycles. The predicted octanol–water partition coefficient (Wildman–Crippen LogP) is 2.36. The molecule has 9 heteroatoms. The molecule has 144 valence electrons. The largest absolute Gasteiger partial charge is 0.342 e. The summed E-state index contributed by atoms with van der Waals surface area (Å²) in [4.78, 5) is 16.2. The summed E-state index contributed by atoms with van der Waals surface area (Å²) in [6.07, 6.45) is 3.46. The molecule has 2 aliphatic heterocycles. The first-order chi connectivity index (χ1) is 12.4. The fourth-order valence-electron chi connectivity index (χ4n) is 3.48. The Morgan fingerprint density at radius 3 is 2.23 bits per heavy atom. The molecule has 0 saturated carbocycles. The lowest BCUT2D eigenvalue weighted by Crippen LogP contribution is -2.47. The molecule has 2 aliphatic rings. The summed E-state index contributed by atoms with van der Waals surface area (Å²) in [5.41, 5.74) is 0. The normalized spacial score (nSPS) is 19.8. The fourth-order valence-corrected chi connectivity index (χ4v) is 5.93. The molecule has 0 bridgehead atoms. The van der Waals surface area contributed by atoms with Crippen LogP contribution in [-0.4, -0.2) is 62.9 Å². The lowest BCUT2D eigenvalue weighted by atomic mass is 10.1. The monoisotopic (exact) mass is 419 g/mol. The highest BCUT2D eigenvalue weighted by Crippen LogP contribution is 2.29. The van der Waals surface area contributed by atoms with Crippen LogP contribution in [0, 0.1) is 0 Å². The number of hydrogen-bond acceptors (Lipinski definition) is 4. The topological polar surface area (TPSA) is 69.7 Å². The molecule has 2 heterocycles. The van der Waals surface area contributed by atoms with Crippen molar-refractivity contribution in [1.29, 1.82) is 0 Å². The summed E-state index contributed by atoms with van der Waals surface area (Å²) < 4.78 is 27.9. The van der Waals surface area contributed by atoms with E-state index >= 15 is 0 Å². The smallest absolute Gasteiger partial charge is 0.243 e. The van der Waals surface area contributed by atoms with Crippen LogP contribution >= 0.6 is 23.2 Å². The number of carbonyl (C=O) groups excluding carboxylic acids is 1. The summed E-state index contributed by atoms with van der Waals surface area (Å²) in [5.74, 6) is 0.171. The van der Waals surface area contributed by atoms with Crippen LogP contribution in [0.2, 0.25) is 10.0 Å². The van der Waals surface area contributed by atoms with E-state index in [2.05, 4.69) is 9.62 Å². The molecule has 2 fully saturated rings. The van der Waals surface area contributed by atoms with Gasteiger partial charge in [0.25, 0.3) is 0 Å². The van der Waals surface area contributed by atoms with Crippen molar-refractivity contribution in [3.8, 4) is 0 Å². The highest BCUT2D eigenvalue weighted by Gasteiger charge is 2.29. The lowest BCUT2D eigenvalue weighted by Gasteiger charge is -2.32. The van der Waals surface area contributed by atoms with E-state index in [1.807, 2.05) is 4.90 Å². The summed E-state index contributed by atoms with van der Waals surface area (Å²) in [6, 6.07) is 4.44. The van der Waals surface area contributed by atoms with Crippen LogP contribution in [0.15, 0.2) is 23.1 Å². The lowest BCUT2D eigenvalue weighted by molar-refractivity contribution is -0.131. The number of benzene rings is 1. The van der Waals surface area contributed by atoms with E-state index in [0.717, 1.165) is 25.9 Å². The van der Waals surface area contributed by atoms with Crippen LogP contribution in [0.1, 0.15) is 25.7 Å². The molecule has 1 amide bonds. The highest BCUT2D eigenvalue weighted by atomic mass is 35.5. The molecule has 1 aromatic rings. The van der Waals surface area contributed by atoms with E-state index in [1.165, 1.54) is 12.1 Å². The third-order valence-corrected chi connectivity index (χ3v) is 7.39. The van der Waals surface area contributed by atoms with Crippen molar-refractivity contribution >= 4 is 39.1 Å². The third-order valence-electron chi connectivity index (χ3n) is 4.91. The van der Waals surface area contributed by atoms with Crippen LogP contribution in [0.25, 0.3) is 0 Å². The first kappa shape index (κ1) is 19.9. The van der Waals surface area contributed by atoms with Crippen molar-refractivity contribution in [3.63, 3.8) is 0 Å². The van der Waals surface area contributed by atoms with E-state index in [9.17, 15) is 13.2 Å². The van der Waals surface area contributed by atoms with E-state index in [4.69, 9.17) is 23.2 Å². The number of likely N-dealkylation sites (tertiary alicyclic amines) is 2. The van der Waals surface area contributed by atoms with E-state index in [0.29, 0.717) is 32.5 Å². The van der Waals surface area contributed by atoms with Gasteiger partial charge in [0.2, 0.25) is 15.9 Å². The zero-order chi connectivity index (χ0) is 18.7. The number of nitrogens with zero attached hydrogens (tertiary/aromatic N) is 2. The predicted molar refractivity (Wildman–Crippen MR) is 102 cm³/mol. The van der Waals surface area contributed by atoms with Gasteiger partial charge in [-0.1, -0.05) is 29.3 Å². The van der Waals surface area contributed by atoms with Gasteiger partial charge in [0.15, 0.2) is 0 Å². The minimum absolute atomic E-state index is 0.0741. The van der Waals surface area contributed by atoms with Crippen LogP contribution in [0.4, 0.5) is 0 Å². The van der Waals surface area contributed by atoms with E-state index < -0.39 is 10.0 Å². The number of nitrogens with one attached hydrogen (secondary N) is 1. The molecule has 3 rings (SSSR count). The summed E-state index contributed by atoms with van der Waals surface area (Å²) in [6.45, 7) is 3.49. The Balaban J connectivity index is 1.54. The van der Waals surface area contributed by atoms with Gasteiger partial charge in [-0.15, -0.1) is 0 Å². The average molecular weight is 420 g/mol. The van der Waals surface area contributed by atoms with Crippen molar-refractivity contribution in [2.24, 2.45) is 0 Å². The molecule has 1 aromatic carbocycles. The minimum Gasteiger partial charge on any atom is -0.342 e. The Labute approximate surface area is 164 Å². The maximum Gasteiger partial charge on any atom is 0.243 e. The molecule has 0 atom stereocenters. The molecule has 2 saturated heterocycles. The molecule has 0 aliphatic carbocycles. The molecule has 1 N–H and O–H groups in total. The zero-order valence-corrected chi connectivity index (χ0v) is 16.8. The molecule has 26 heavy (non-hydrogen) atoms. The number of carbonyl (C=O) groups is 1. The van der Waals surface area contributed by atoms with Crippen molar-refractivity contribution < 1.29 is 13.2 Å². The van der Waals surface area contributed by atoms with Gasteiger partial charge in [0, 0.05) is 32.2 Å². The second-order valence-corrected chi connectivity index (χ2v) is 9.28. The first-order valence-electron chi connectivity index (χ1n) is 8.83. The van der Waals surface area contributed by atoms with Gasteiger partial charge in [-0.3, -0.25) is 9.69 Å². The second-order valence-electron chi connectivity index (χ2n) is 6.81. The molecule has 6 nitrogen and oxygen atoms in total. The third kappa shape index (κ3) is 4.70. The molecule has 0 spiro atoms. The van der Waals surface area contributed by atoms with Gasteiger partial charge in [0.1, 0.15) is 4.90 Å². The van der Waals surface area contributed by atoms with Crippen LogP contribution in [0.5, 0.6) is 0 Å². The molecular formula is C17H23Cl2N3O3S. The maximum atomic E-state index is 12.6. The molecular weight excluding hydrogens is 397 g/mol. The Bertz CT molecular complexity index is 738. The van der Waals surface area contributed by atoms with Gasteiger partial charge in [0.05, 0.1) is 16.6 Å². The number of piperidine rings is 1. The molecule has 0 radical (unpaired) electrons. The number of sulfonamides is 1. The van der Waals surface area contributed by atoms with E-state index in [1.54, 1.807) is 6.07 Å². The van der Waals surface area contributed by atoms with E-state index in [-0.39, 0.29) is 26.9 Å². The van der Waals surface area contributed by atoms with Crippen molar-refractivity contribution in [3.05, 3.63) is 28.2 Å². The Morgan fingerprint density at radius 1 is 1.08 bits per heavy atom. The Hall–Kier alpha value is -0.860. The summed E-state index contributed by atoms with van der Waals surface area (Å²) >= 11 is 12.0. The van der Waals surface area contributed by atoms with Gasteiger partial charge in [-0.05, 0) is 37.8 Å². The minimum atomic E-state index is -3.78. The fraction of sp³-hybridized carbons (Fsp3) is 0.588. The standard InChI is InChI=1S/C17H23Cl2N3O3S/c18-14-4-3-5-15(19)17(14)26(24,25)20-13-6-10-21(11-7-13)12-16(23)22-8-1-2-9-22/h3-5,13,20H,1-2,6-12H2. The van der Waals surface area contributed by atoms with Gasteiger partial charge >= 0.3 is 0 Å². The Kier molecular flexibility index (Phi) is 6.45. The van der Waals surface area contributed by atoms with Crippen molar-refractivity contribution in [2.75, 3.05) is 32.7 Å². The SMILES string of the molecule is O=C(CN1CCC(NS(=O)(=O)c2c(Cl)cccc2Cl)CC1)N1CCCC1. The second kappa shape index (κ2) is 8.44. The van der Waals surface area contributed by atoms with Gasteiger partial charge in [-0.2, -0.15) is 0 Å². The average Bonchev–Trinajstić information content (AvgIpc) is 3.10. The number of rotatable bonds is 5. The quantitative estimate of drug-likeness (QED) is 0.794. The number of hydrogen-bond donors (Lipinski definition) is 1. The first-order valence-corrected chi connectivity index (χ1v) is 11.1. The van der Waals surface area contributed by atoms with Crippen molar-refractivity contribution in [1.82, 2.24) is 14.5 Å².